The summed E-state index contributed by atoms with van der Waals surface area (Å²) in [6.07, 6.45) is 4.12. The minimum absolute atomic E-state index is 0.00797. The molecule has 2 fully saturated rings. The van der Waals surface area contributed by atoms with Gasteiger partial charge in [-0.3, -0.25) is 9.59 Å². The van der Waals surface area contributed by atoms with E-state index >= 15 is 0 Å². The van der Waals surface area contributed by atoms with Gasteiger partial charge in [0.15, 0.2) is 6.61 Å². The number of hydrogen-bond donors (Lipinski definition) is 0. The van der Waals surface area contributed by atoms with Crippen LogP contribution in [0, 0.1) is 11.7 Å². The molecule has 30 heavy (non-hydrogen) atoms. The molecule has 4 rings (SSSR count). The zero-order valence-electron chi connectivity index (χ0n) is 17.1. The summed E-state index contributed by atoms with van der Waals surface area (Å²) in [7, 11) is 0. The highest BCUT2D eigenvalue weighted by molar-refractivity contribution is 5.95. The van der Waals surface area contributed by atoms with E-state index in [1.165, 1.54) is 6.07 Å². The van der Waals surface area contributed by atoms with Gasteiger partial charge in [-0.05, 0) is 61.4 Å². The lowest BCUT2D eigenvalue weighted by Crippen LogP contribution is -2.41. The van der Waals surface area contributed by atoms with Gasteiger partial charge in [0, 0.05) is 37.8 Å². The van der Waals surface area contributed by atoms with Crippen molar-refractivity contribution in [2.75, 3.05) is 31.1 Å². The van der Waals surface area contributed by atoms with Gasteiger partial charge >= 0.3 is 0 Å². The normalized spacial score (nSPS) is 17.4. The molecule has 0 N–H and O–H groups in total. The first kappa shape index (κ1) is 20.4. The maximum atomic E-state index is 13.4. The van der Waals surface area contributed by atoms with E-state index in [0.717, 1.165) is 43.5 Å². The maximum absolute atomic E-state index is 13.4. The molecular formula is C24H27FN2O3. The van der Waals surface area contributed by atoms with Gasteiger partial charge in [-0.15, -0.1) is 0 Å². The van der Waals surface area contributed by atoms with Crippen molar-refractivity contribution in [3.63, 3.8) is 0 Å². The Balaban J connectivity index is 1.25. The summed E-state index contributed by atoms with van der Waals surface area (Å²) in [5, 5.41) is 0. The SMILES string of the molecule is O=C(COc1cccc(N2CCCC2=O)c1)N1CCC(Cc2cccc(F)c2)CC1. The molecule has 0 spiro atoms. The summed E-state index contributed by atoms with van der Waals surface area (Å²) in [6, 6.07) is 14.1. The molecule has 2 aliphatic heterocycles. The summed E-state index contributed by atoms with van der Waals surface area (Å²) in [6.45, 7) is 2.12. The minimum Gasteiger partial charge on any atom is -0.484 e. The molecule has 2 aliphatic rings. The highest BCUT2D eigenvalue weighted by Crippen LogP contribution is 2.26. The van der Waals surface area contributed by atoms with E-state index in [0.29, 0.717) is 31.2 Å². The summed E-state index contributed by atoms with van der Waals surface area (Å²) in [5.41, 5.74) is 1.83. The average molecular weight is 410 g/mol. The molecule has 0 bridgehead atoms. The molecule has 5 nitrogen and oxygen atoms in total. The fraction of sp³-hybridized carbons (Fsp3) is 0.417. The van der Waals surface area contributed by atoms with E-state index in [1.54, 1.807) is 17.0 Å². The zero-order chi connectivity index (χ0) is 20.9. The second kappa shape index (κ2) is 9.28. The number of carbonyl (C=O) groups is 2. The predicted molar refractivity (Wildman–Crippen MR) is 113 cm³/mol. The molecular weight excluding hydrogens is 383 g/mol. The lowest BCUT2D eigenvalue weighted by atomic mass is 9.90. The summed E-state index contributed by atoms with van der Waals surface area (Å²) >= 11 is 0. The van der Waals surface area contributed by atoms with E-state index in [-0.39, 0.29) is 24.2 Å². The van der Waals surface area contributed by atoms with Crippen molar-refractivity contribution in [1.82, 2.24) is 4.90 Å². The predicted octanol–water partition coefficient (Wildman–Crippen LogP) is 3.81. The summed E-state index contributed by atoms with van der Waals surface area (Å²) in [4.78, 5) is 28.1. The molecule has 0 unspecified atom stereocenters. The number of hydrogen-bond acceptors (Lipinski definition) is 3. The first-order chi connectivity index (χ1) is 14.6. The van der Waals surface area contributed by atoms with E-state index in [4.69, 9.17) is 4.74 Å². The van der Waals surface area contributed by atoms with Gasteiger partial charge in [-0.2, -0.15) is 0 Å². The van der Waals surface area contributed by atoms with E-state index in [1.807, 2.05) is 35.2 Å². The van der Waals surface area contributed by atoms with E-state index in [2.05, 4.69) is 0 Å². The molecule has 2 heterocycles. The minimum atomic E-state index is -0.199. The van der Waals surface area contributed by atoms with Crippen LogP contribution in [-0.4, -0.2) is 43.0 Å². The third kappa shape index (κ3) is 4.99. The first-order valence-corrected chi connectivity index (χ1v) is 10.6. The second-order valence-electron chi connectivity index (χ2n) is 8.09. The van der Waals surface area contributed by atoms with Crippen molar-refractivity contribution in [3.05, 3.63) is 59.9 Å². The fourth-order valence-corrected chi connectivity index (χ4v) is 4.28. The number of halogens is 1. The number of nitrogens with zero attached hydrogens (tertiary/aromatic N) is 2. The Morgan fingerprint density at radius 1 is 1.07 bits per heavy atom. The Kier molecular flexibility index (Phi) is 6.31. The molecule has 2 aromatic rings. The monoisotopic (exact) mass is 410 g/mol. The Bertz CT molecular complexity index is 909. The van der Waals surface area contributed by atoms with Crippen LogP contribution in [0.25, 0.3) is 0 Å². The molecule has 158 valence electrons. The van der Waals surface area contributed by atoms with Gasteiger partial charge < -0.3 is 14.5 Å². The van der Waals surface area contributed by atoms with Gasteiger partial charge in [-0.25, -0.2) is 4.39 Å². The maximum Gasteiger partial charge on any atom is 0.260 e. The van der Waals surface area contributed by atoms with Crippen LogP contribution in [0.15, 0.2) is 48.5 Å². The number of anilines is 1. The number of piperidine rings is 1. The number of rotatable bonds is 6. The van der Waals surface area contributed by atoms with Crippen LogP contribution in [0.4, 0.5) is 10.1 Å². The largest absolute Gasteiger partial charge is 0.484 e. The quantitative estimate of drug-likeness (QED) is 0.728. The van der Waals surface area contributed by atoms with Gasteiger partial charge in [0.05, 0.1) is 0 Å². The van der Waals surface area contributed by atoms with Crippen LogP contribution >= 0.6 is 0 Å². The van der Waals surface area contributed by atoms with E-state index < -0.39 is 0 Å². The van der Waals surface area contributed by atoms with Gasteiger partial charge in [0.2, 0.25) is 5.91 Å². The van der Waals surface area contributed by atoms with Crippen LogP contribution in [0.5, 0.6) is 5.75 Å². The van der Waals surface area contributed by atoms with Gasteiger partial charge in [0.1, 0.15) is 11.6 Å². The fourth-order valence-electron chi connectivity index (χ4n) is 4.28. The second-order valence-corrected chi connectivity index (χ2v) is 8.09. The zero-order valence-corrected chi connectivity index (χ0v) is 17.1. The van der Waals surface area contributed by atoms with Crippen LogP contribution in [-0.2, 0) is 16.0 Å². The van der Waals surface area contributed by atoms with Gasteiger partial charge in [-0.1, -0.05) is 18.2 Å². The van der Waals surface area contributed by atoms with Gasteiger partial charge in [0.25, 0.3) is 5.91 Å². The topological polar surface area (TPSA) is 49.9 Å². The highest BCUT2D eigenvalue weighted by Gasteiger charge is 2.24. The van der Waals surface area contributed by atoms with Crippen molar-refractivity contribution in [1.29, 1.82) is 0 Å². The lowest BCUT2D eigenvalue weighted by Gasteiger charge is -2.32. The molecule has 0 aliphatic carbocycles. The lowest BCUT2D eigenvalue weighted by molar-refractivity contribution is -0.134. The number of likely N-dealkylation sites (tertiary alicyclic amines) is 1. The van der Waals surface area contributed by atoms with Crippen LogP contribution in [0.1, 0.15) is 31.2 Å². The van der Waals surface area contributed by atoms with Crippen molar-refractivity contribution in [2.24, 2.45) is 5.92 Å². The van der Waals surface area contributed by atoms with Crippen molar-refractivity contribution in [3.8, 4) is 5.75 Å². The van der Waals surface area contributed by atoms with E-state index in [9.17, 15) is 14.0 Å². The first-order valence-electron chi connectivity index (χ1n) is 10.6. The number of amides is 2. The molecule has 0 aromatic heterocycles. The number of benzene rings is 2. The highest BCUT2D eigenvalue weighted by atomic mass is 19.1. The van der Waals surface area contributed by atoms with Crippen LogP contribution in [0.2, 0.25) is 0 Å². The molecule has 2 amide bonds. The Morgan fingerprint density at radius 3 is 2.60 bits per heavy atom. The standard InChI is InChI=1S/C24H27FN2O3/c25-20-5-1-4-19(15-20)14-18-9-12-26(13-10-18)24(29)17-30-22-7-2-6-21(16-22)27-11-3-8-23(27)28/h1-2,4-7,15-16,18H,3,8-14,17H2. The summed E-state index contributed by atoms with van der Waals surface area (Å²) < 4.78 is 19.1. The Hall–Kier alpha value is -2.89. The third-order valence-electron chi connectivity index (χ3n) is 5.95. The number of ether oxygens (including phenoxy) is 1. The molecule has 2 aromatic carbocycles. The van der Waals surface area contributed by atoms with Crippen molar-refractivity contribution in [2.45, 2.75) is 32.1 Å². The van der Waals surface area contributed by atoms with Crippen molar-refractivity contribution < 1.29 is 18.7 Å². The summed E-state index contributed by atoms with van der Waals surface area (Å²) in [5.74, 6) is 0.967. The molecule has 0 radical (unpaired) electrons. The Morgan fingerprint density at radius 2 is 1.87 bits per heavy atom. The van der Waals surface area contributed by atoms with Crippen LogP contribution in [0.3, 0.4) is 0 Å². The van der Waals surface area contributed by atoms with Crippen molar-refractivity contribution >= 4 is 17.5 Å². The number of carbonyl (C=O) groups excluding carboxylic acids is 2. The molecule has 0 atom stereocenters. The molecule has 6 heteroatoms. The molecule has 2 saturated heterocycles. The average Bonchev–Trinajstić information content (AvgIpc) is 3.19. The third-order valence-corrected chi connectivity index (χ3v) is 5.95. The van der Waals surface area contributed by atoms with Crippen LogP contribution < -0.4 is 9.64 Å². The Labute approximate surface area is 176 Å². The molecule has 0 saturated carbocycles. The smallest absolute Gasteiger partial charge is 0.260 e.